The molecule has 0 spiro atoms. The molecule has 0 aliphatic carbocycles. The maximum absolute atomic E-state index is 13.2. The highest BCUT2D eigenvalue weighted by atomic mass is 32.1. The third-order valence-electron chi connectivity index (χ3n) is 6.06. The van der Waals surface area contributed by atoms with Crippen molar-refractivity contribution in [2.45, 2.75) is 6.04 Å². The first kappa shape index (κ1) is 22.7. The fourth-order valence-corrected chi connectivity index (χ4v) is 5.21. The molecule has 176 valence electrons. The van der Waals surface area contributed by atoms with E-state index in [1.807, 2.05) is 53.9 Å². The average molecular weight is 486 g/mol. The van der Waals surface area contributed by atoms with Crippen LogP contribution in [0.2, 0.25) is 0 Å². The van der Waals surface area contributed by atoms with Crippen LogP contribution < -0.4 is 9.47 Å². The van der Waals surface area contributed by atoms with Gasteiger partial charge in [-0.1, -0.05) is 48.5 Å². The molecule has 6 nitrogen and oxygen atoms in total. The van der Waals surface area contributed by atoms with Crippen molar-refractivity contribution < 1.29 is 24.2 Å². The van der Waals surface area contributed by atoms with E-state index in [4.69, 9.17) is 9.47 Å². The number of nitrogens with zero attached hydrogens (tertiary/aromatic N) is 1. The smallest absolute Gasteiger partial charge is 0.295 e. The summed E-state index contributed by atoms with van der Waals surface area (Å²) in [4.78, 5) is 28.6. The van der Waals surface area contributed by atoms with Gasteiger partial charge in [0.2, 0.25) is 0 Å². The summed E-state index contributed by atoms with van der Waals surface area (Å²) in [6, 6.07) is 23.4. The van der Waals surface area contributed by atoms with Crippen LogP contribution in [0.3, 0.4) is 0 Å². The van der Waals surface area contributed by atoms with E-state index in [0.29, 0.717) is 17.1 Å². The van der Waals surface area contributed by atoms with E-state index in [1.54, 1.807) is 37.4 Å². The predicted molar refractivity (Wildman–Crippen MR) is 136 cm³/mol. The van der Waals surface area contributed by atoms with Crippen LogP contribution in [0.1, 0.15) is 16.5 Å². The fourth-order valence-electron chi connectivity index (χ4n) is 4.36. The largest absolute Gasteiger partial charge is 0.507 e. The number of hydrogen-bond donors (Lipinski definition) is 1. The molecular weight excluding hydrogens is 462 g/mol. The van der Waals surface area contributed by atoms with Crippen LogP contribution in [0.4, 0.5) is 0 Å². The van der Waals surface area contributed by atoms with Gasteiger partial charge in [0.05, 0.1) is 25.3 Å². The number of ketones is 1. The molecule has 3 aromatic carbocycles. The summed E-state index contributed by atoms with van der Waals surface area (Å²) in [7, 11) is 1.59. The van der Waals surface area contributed by atoms with Crippen LogP contribution >= 0.6 is 11.3 Å². The van der Waals surface area contributed by atoms with Gasteiger partial charge in [0.15, 0.2) is 0 Å². The third kappa shape index (κ3) is 4.26. The van der Waals surface area contributed by atoms with E-state index in [9.17, 15) is 14.7 Å². The number of fused-ring (bicyclic) bond motifs is 1. The van der Waals surface area contributed by atoms with Crippen molar-refractivity contribution in [3.63, 3.8) is 0 Å². The lowest BCUT2D eigenvalue weighted by Gasteiger charge is -2.24. The number of methoxy groups -OCH3 is 1. The molecule has 35 heavy (non-hydrogen) atoms. The van der Waals surface area contributed by atoms with Gasteiger partial charge in [0.1, 0.15) is 23.9 Å². The summed E-state index contributed by atoms with van der Waals surface area (Å²) < 4.78 is 11.0. The molecule has 0 radical (unpaired) electrons. The Morgan fingerprint density at radius 2 is 1.69 bits per heavy atom. The topological polar surface area (TPSA) is 76.1 Å². The highest BCUT2D eigenvalue weighted by Crippen LogP contribution is 2.41. The Morgan fingerprint density at radius 3 is 2.43 bits per heavy atom. The van der Waals surface area contributed by atoms with Crippen molar-refractivity contribution >= 4 is 39.6 Å². The van der Waals surface area contributed by atoms with Crippen molar-refractivity contribution in [1.82, 2.24) is 4.90 Å². The zero-order valence-corrected chi connectivity index (χ0v) is 19.8. The molecule has 1 atom stereocenters. The lowest BCUT2D eigenvalue weighted by molar-refractivity contribution is -0.140. The number of thiophene rings is 1. The molecule has 1 saturated heterocycles. The van der Waals surface area contributed by atoms with Crippen LogP contribution in [0.15, 0.2) is 89.8 Å². The molecule has 0 saturated carbocycles. The monoisotopic (exact) mass is 485 g/mol. The van der Waals surface area contributed by atoms with Crippen molar-refractivity contribution in [1.29, 1.82) is 0 Å². The molecule has 1 unspecified atom stereocenters. The van der Waals surface area contributed by atoms with E-state index in [2.05, 4.69) is 0 Å². The molecule has 1 aliphatic heterocycles. The van der Waals surface area contributed by atoms with Gasteiger partial charge in [0.25, 0.3) is 11.7 Å². The van der Waals surface area contributed by atoms with Gasteiger partial charge in [0, 0.05) is 10.4 Å². The van der Waals surface area contributed by atoms with E-state index in [-0.39, 0.29) is 24.5 Å². The van der Waals surface area contributed by atoms with Crippen LogP contribution in [-0.2, 0) is 9.59 Å². The number of benzene rings is 3. The Hall–Kier alpha value is -4.10. The normalized spacial score (nSPS) is 17.2. The Bertz CT molecular complexity index is 1400. The Balaban J connectivity index is 1.49. The minimum atomic E-state index is -0.696. The number of Topliss-reactive ketones (excluding diaryl/α,β-unsaturated/α-hetero) is 1. The first-order chi connectivity index (χ1) is 17.1. The second kappa shape index (κ2) is 9.64. The van der Waals surface area contributed by atoms with Gasteiger partial charge in [-0.05, 0) is 46.5 Å². The maximum atomic E-state index is 13.2. The number of rotatable bonds is 7. The summed E-state index contributed by atoms with van der Waals surface area (Å²) >= 11 is 1.44. The van der Waals surface area contributed by atoms with Gasteiger partial charge < -0.3 is 19.5 Å². The van der Waals surface area contributed by atoms with E-state index < -0.39 is 17.7 Å². The van der Waals surface area contributed by atoms with E-state index in [1.165, 1.54) is 16.2 Å². The first-order valence-electron chi connectivity index (χ1n) is 11.2. The maximum Gasteiger partial charge on any atom is 0.295 e. The zero-order chi connectivity index (χ0) is 24.4. The molecule has 1 fully saturated rings. The summed E-state index contributed by atoms with van der Waals surface area (Å²) in [5.74, 6) is -0.168. The number of aliphatic hydroxyl groups is 1. The van der Waals surface area contributed by atoms with Gasteiger partial charge in [-0.25, -0.2) is 0 Å². The van der Waals surface area contributed by atoms with Crippen molar-refractivity contribution in [2.75, 3.05) is 20.3 Å². The Kier molecular flexibility index (Phi) is 6.25. The zero-order valence-electron chi connectivity index (χ0n) is 19.0. The van der Waals surface area contributed by atoms with Gasteiger partial charge in [-0.3, -0.25) is 9.59 Å². The van der Waals surface area contributed by atoms with Gasteiger partial charge in [-0.2, -0.15) is 0 Å². The molecule has 1 aromatic heterocycles. The van der Waals surface area contributed by atoms with Crippen LogP contribution in [-0.4, -0.2) is 42.0 Å². The lowest BCUT2D eigenvalue weighted by Crippen LogP contribution is -2.33. The van der Waals surface area contributed by atoms with Crippen LogP contribution in [0.25, 0.3) is 16.5 Å². The molecule has 5 rings (SSSR count). The fraction of sp³-hybridized carbons (Fsp3) is 0.143. The number of ether oxygens (including phenoxy) is 2. The number of hydrogen-bond acceptors (Lipinski definition) is 6. The molecule has 1 N–H and O–H groups in total. The SMILES string of the molecule is COc1ccc(OCCN2C(=O)C(=O)/C(=C(\O)c3cccc4ccccc34)C2c2cccs2)cc1. The quantitative estimate of drug-likeness (QED) is 0.215. The van der Waals surface area contributed by atoms with Crippen LogP contribution in [0.5, 0.6) is 11.5 Å². The molecule has 0 bridgehead atoms. The van der Waals surface area contributed by atoms with Crippen molar-refractivity contribution in [2.24, 2.45) is 0 Å². The second-order valence-corrected chi connectivity index (χ2v) is 9.04. The summed E-state index contributed by atoms with van der Waals surface area (Å²) in [6.45, 7) is 0.376. The standard InChI is InChI=1S/C28H23NO5S/c1-33-19-11-13-20(14-12-19)34-16-15-29-25(23-10-5-17-35-23)24(27(31)28(29)32)26(30)22-9-4-7-18-6-2-3-8-21(18)22/h2-14,17,25,30H,15-16H2,1H3/b26-24-. The first-order valence-corrected chi connectivity index (χ1v) is 12.0. The van der Waals surface area contributed by atoms with Crippen molar-refractivity contribution in [3.8, 4) is 11.5 Å². The molecular formula is C28H23NO5S. The highest BCUT2D eigenvalue weighted by Gasteiger charge is 2.46. The summed E-state index contributed by atoms with van der Waals surface area (Å²) in [6.07, 6.45) is 0. The number of carbonyl (C=O) groups is 2. The molecule has 1 aliphatic rings. The van der Waals surface area contributed by atoms with Gasteiger partial charge >= 0.3 is 0 Å². The molecule has 7 heteroatoms. The number of likely N-dealkylation sites (tertiary alicyclic amines) is 1. The van der Waals surface area contributed by atoms with E-state index >= 15 is 0 Å². The molecule has 1 amide bonds. The second-order valence-electron chi connectivity index (χ2n) is 8.06. The summed E-state index contributed by atoms with van der Waals surface area (Å²) in [5.41, 5.74) is 0.621. The van der Waals surface area contributed by atoms with E-state index in [0.717, 1.165) is 15.6 Å². The van der Waals surface area contributed by atoms with Gasteiger partial charge in [-0.15, -0.1) is 11.3 Å². The number of amides is 1. The third-order valence-corrected chi connectivity index (χ3v) is 6.98. The lowest BCUT2D eigenvalue weighted by atomic mass is 9.96. The minimum absolute atomic E-state index is 0.0956. The van der Waals surface area contributed by atoms with Crippen molar-refractivity contribution in [3.05, 3.63) is 100 Å². The Labute approximate surface area is 206 Å². The minimum Gasteiger partial charge on any atom is -0.507 e. The highest BCUT2D eigenvalue weighted by molar-refractivity contribution is 7.10. The Morgan fingerprint density at radius 1 is 0.943 bits per heavy atom. The van der Waals surface area contributed by atoms with Crippen LogP contribution in [0, 0.1) is 0 Å². The molecule has 4 aromatic rings. The number of aliphatic hydroxyl groups excluding tert-OH is 1. The predicted octanol–water partition coefficient (Wildman–Crippen LogP) is 5.41. The molecule has 2 heterocycles. The average Bonchev–Trinajstić information content (AvgIpc) is 3.51. The number of carbonyl (C=O) groups excluding carboxylic acids is 2. The summed E-state index contributed by atoms with van der Waals surface area (Å²) in [5, 5.41) is 15.0.